The first-order valence-corrected chi connectivity index (χ1v) is 6.28. The number of halogens is 2. The molecule has 1 N–H and O–H groups in total. The number of rotatable bonds is 3. The molecular formula is C15H14F2O2. The van der Waals surface area contributed by atoms with E-state index in [-0.39, 0.29) is 5.56 Å². The highest BCUT2D eigenvalue weighted by molar-refractivity contribution is 5.28. The minimum Gasteiger partial charge on any atom is -0.463 e. The molecule has 2 nitrogen and oxygen atoms in total. The third kappa shape index (κ3) is 2.40. The van der Waals surface area contributed by atoms with E-state index in [9.17, 15) is 13.9 Å². The average Bonchev–Trinajstić information content (AvgIpc) is 2.90. The fourth-order valence-electron chi connectivity index (χ4n) is 2.33. The van der Waals surface area contributed by atoms with Crippen molar-refractivity contribution in [2.45, 2.75) is 25.4 Å². The van der Waals surface area contributed by atoms with Crippen molar-refractivity contribution in [3.8, 4) is 0 Å². The Morgan fingerprint density at radius 1 is 1.21 bits per heavy atom. The van der Waals surface area contributed by atoms with E-state index in [1.807, 2.05) is 6.07 Å². The third-order valence-electron chi connectivity index (χ3n) is 3.59. The number of aliphatic hydroxyl groups excluding tert-OH is 1. The van der Waals surface area contributed by atoms with Gasteiger partial charge in [0, 0.05) is 12.0 Å². The van der Waals surface area contributed by atoms with Gasteiger partial charge in [-0.25, -0.2) is 8.78 Å². The fourth-order valence-corrected chi connectivity index (χ4v) is 2.33. The van der Waals surface area contributed by atoms with Gasteiger partial charge in [0.15, 0.2) is 0 Å². The summed E-state index contributed by atoms with van der Waals surface area (Å²) in [5, 5.41) is 10.1. The summed E-state index contributed by atoms with van der Waals surface area (Å²) in [5.74, 6) is 0.735. The molecule has 1 aromatic heterocycles. The van der Waals surface area contributed by atoms with E-state index in [0.717, 1.165) is 30.4 Å². The van der Waals surface area contributed by atoms with Crippen LogP contribution in [0, 0.1) is 17.6 Å². The molecule has 0 amide bonds. The monoisotopic (exact) mass is 264 g/mol. The molecule has 3 rings (SSSR count). The van der Waals surface area contributed by atoms with Gasteiger partial charge in [0.05, 0.1) is 0 Å². The second-order valence-electron chi connectivity index (χ2n) is 5.16. The Labute approximate surface area is 109 Å². The summed E-state index contributed by atoms with van der Waals surface area (Å²) >= 11 is 0. The van der Waals surface area contributed by atoms with Gasteiger partial charge in [-0.1, -0.05) is 6.92 Å². The van der Waals surface area contributed by atoms with Gasteiger partial charge < -0.3 is 9.52 Å². The van der Waals surface area contributed by atoms with Crippen molar-refractivity contribution in [1.29, 1.82) is 0 Å². The van der Waals surface area contributed by atoms with E-state index in [1.54, 1.807) is 6.07 Å². The first-order chi connectivity index (χ1) is 9.04. The molecule has 19 heavy (non-hydrogen) atoms. The fraction of sp³-hybridized carbons (Fsp3) is 0.333. The van der Waals surface area contributed by atoms with Crippen molar-refractivity contribution in [2.75, 3.05) is 0 Å². The SMILES string of the molecule is CC1CC1c1ccc(C(O)c2cc(F)cc(F)c2)o1. The molecule has 3 atom stereocenters. The summed E-state index contributed by atoms with van der Waals surface area (Å²) < 4.78 is 31.8. The minimum absolute atomic E-state index is 0.155. The number of furan rings is 1. The topological polar surface area (TPSA) is 33.4 Å². The second kappa shape index (κ2) is 4.46. The summed E-state index contributed by atoms with van der Waals surface area (Å²) in [6, 6.07) is 6.47. The molecule has 1 aromatic carbocycles. The minimum atomic E-state index is -1.15. The predicted molar refractivity (Wildman–Crippen MR) is 65.6 cm³/mol. The molecule has 1 aliphatic carbocycles. The first-order valence-electron chi connectivity index (χ1n) is 6.28. The van der Waals surface area contributed by atoms with Crippen LogP contribution >= 0.6 is 0 Å². The van der Waals surface area contributed by atoms with E-state index >= 15 is 0 Å². The lowest BCUT2D eigenvalue weighted by Gasteiger charge is -2.08. The molecule has 0 bridgehead atoms. The summed E-state index contributed by atoms with van der Waals surface area (Å²) in [5.41, 5.74) is 0.155. The van der Waals surface area contributed by atoms with Gasteiger partial charge in [0.25, 0.3) is 0 Å². The van der Waals surface area contributed by atoms with Crippen molar-refractivity contribution in [3.63, 3.8) is 0 Å². The Kier molecular flexibility index (Phi) is 2.90. The van der Waals surface area contributed by atoms with Crippen LogP contribution in [0.1, 0.15) is 42.5 Å². The first kappa shape index (κ1) is 12.4. The Hall–Kier alpha value is -1.68. The van der Waals surface area contributed by atoms with Gasteiger partial charge in [-0.05, 0) is 42.2 Å². The van der Waals surface area contributed by atoms with Crippen LogP contribution < -0.4 is 0 Å². The van der Waals surface area contributed by atoms with Gasteiger partial charge in [0.1, 0.15) is 29.3 Å². The maximum absolute atomic E-state index is 13.1. The maximum atomic E-state index is 13.1. The summed E-state index contributed by atoms with van der Waals surface area (Å²) in [6.45, 7) is 2.13. The van der Waals surface area contributed by atoms with Gasteiger partial charge in [-0.15, -0.1) is 0 Å². The number of aliphatic hydroxyl groups is 1. The third-order valence-corrected chi connectivity index (χ3v) is 3.59. The standard InChI is InChI=1S/C15H14F2O2/c1-8-4-12(8)13-2-3-14(19-13)15(18)9-5-10(16)7-11(17)6-9/h2-3,5-8,12,15,18H,4H2,1H3. The van der Waals surface area contributed by atoms with E-state index in [1.165, 1.54) is 0 Å². The van der Waals surface area contributed by atoms with Crippen molar-refractivity contribution in [3.05, 3.63) is 59.1 Å². The zero-order valence-electron chi connectivity index (χ0n) is 10.4. The van der Waals surface area contributed by atoms with Crippen molar-refractivity contribution < 1.29 is 18.3 Å². The van der Waals surface area contributed by atoms with Gasteiger partial charge in [0.2, 0.25) is 0 Å². The van der Waals surface area contributed by atoms with Crippen LogP contribution in [0.25, 0.3) is 0 Å². The summed E-state index contributed by atoms with van der Waals surface area (Å²) in [7, 11) is 0. The Bertz CT molecular complexity index is 586. The average molecular weight is 264 g/mol. The molecule has 0 radical (unpaired) electrons. The van der Waals surface area contributed by atoms with Crippen molar-refractivity contribution in [1.82, 2.24) is 0 Å². The van der Waals surface area contributed by atoms with Gasteiger partial charge in [-0.2, -0.15) is 0 Å². The summed E-state index contributed by atoms with van der Waals surface area (Å²) in [4.78, 5) is 0. The van der Waals surface area contributed by atoms with Crippen LogP contribution in [-0.2, 0) is 0 Å². The highest BCUT2D eigenvalue weighted by Gasteiger charge is 2.37. The Morgan fingerprint density at radius 2 is 1.84 bits per heavy atom. The Balaban J connectivity index is 1.86. The molecule has 3 unspecified atom stereocenters. The highest BCUT2D eigenvalue weighted by Crippen LogP contribution is 2.47. The van der Waals surface area contributed by atoms with Crippen LogP contribution in [0.4, 0.5) is 8.78 Å². The molecule has 1 heterocycles. The molecule has 4 heteroatoms. The molecule has 0 spiro atoms. The molecule has 0 aliphatic heterocycles. The Morgan fingerprint density at radius 3 is 2.42 bits per heavy atom. The molecule has 0 saturated heterocycles. The summed E-state index contributed by atoms with van der Waals surface area (Å²) in [6.07, 6.45) is -0.0644. The van der Waals surface area contributed by atoms with Crippen LogP contribution in [0.2, 0.25) is 0 Å². The van der Waals surface area contributed by atoms with E-state index < -0.39 is 17.7 Å². The van der Waals surface area contributed by atoms with E-state index in [4.69, 9.17) is 4.42 Å². The van der Waals surface area contributed by atoms with Crippen LogP contribution in [0.3, 0.4) is 0 Å². The zero-order valence-corrected chi connectivity index (χ0v) is 10.4. The number of hydrogen-bond acceptors (Lipinski definition) is 2. The normalized spacial score (nSPS) is 23.4. The molecular weight excluding hydrogens is 250 g/mol. The van der Waals surface area contributed by atoms with Gasteiger partial charge in [-0.3, -0.25) is 0 Å². The quantitative estimate of drug-likeness (QED) is 0.915. The van der Waals surface area contributed by atoms with Crippen LogP contribution in [-0.4, -0.2) is 5.11 Å². The lowest BCUT2D eigenvalue weighted by atomic mass is 10.1. The number of hydrogen-bond donors (Lipinski definition) is 1. The van der Waals surface area contributed by atoms with Crippen LogP contribution in [0.5, 0.6) is 0 Å². The smallest absolute Gasteiger partial charge is 0.137 e. The molecule has 1 saturated carbocycles. The van der Waals surface area contributed by atoms with Crippen LogP contribution in [0.15, 0.2) is 34.7 Å². The van der Waals surface area contributed by atoms with Crippen molar-refractivity contribution >= 4 is 0 Å². The predicted octanol–water partition coefficient (Wildman–Crippen LogP) is 3.76. The van der Waals surface area contributed by atoms with E-state index in [0.29, 0.717) is 17.6 Å². The van der Waals surface area contributed by atoms with Gasteiger partial charge >= 0.3 is 0 Å². The van der Waals surface area contributed by atoms with Crippen molar-refractivity contribution in [2.24, 2.45) is 5.92 Å². The zero-order chi connectivity index (χ0) is 13.6. The maximum Gasteiger partial charge on any atom is 0.137 e. The van der Waals surface area contributed by atoms with E-state index in [2.05, 4.69) is 6.92 Å². The largest absolute Gasteiger partial charge is 0.463 e. The lowest BCUT2D eigenvalue weighted by Crippen LogP contribution is -1.99. The second-order valence-corrected chi connectivity index (χ2v) is 5.16. The molecule has 1 aliphatic rings. The molecule has 100 valence electrons. The molecule has 1 fully saturated rings. The molecule has 2 aromatic rings. The number of benzene rings is 1. The highest BCUT2D eigenvalue weighted by atomic mass is 19.1. The lowest BCUT2D eigenvalue weighted by molar-refractivity contribution is 0.186.